The highest BCUT2D eigenvalue weighted by molar-refractivity contribution is 5.85. The van der Waals surface area contributed by atoms with Crippen LogP contribution in [0.5, 0.6) is 0 Å². The van der Waals surface area contributed by atoms with Gasteiger partial charge in [0.1, 0.15) is 6.33 Å². The smallest absolute Gasteiger partial charge is 0.334 e. The van der Waals surface area contributed by atoms with Crippen molar-refractivity contribution in [2.45, 2.75) is 44.6 Å². The molecule has 5 nitrogen and oxygen atoms in total. The Morgan fingerprint density at radius 3 is 2.70 bits per heavy atom. The fourth-order valence-electron chi connectivity index (χ4n) is 2.80. The highest BCUT2D eigenvalue weighted by atomic mass is 16.2. The van der Waals surface area contributed by atoms with E-state index < -0.39 is 0 Å². The van der Waals surface area contributed by atoms with Crippen molar-refractivity contribution in [3.63, 3.8) is 0 Å². The number of nitrogens with one attached hydrogen (secondary N) is 2. The van der Waals surface area contributed by atoms with Gasteiger partial charge in [0, 0.05) is 6.04 Å². The zero-order valence-corrected chi connectivity index (χ0v) is 11.5. The fraction of sp³-hybridized carbons (Fsp3) is 0.467. The minimum absolute atomic E-state index is 0.153. The molecule has 1 aliphatic rings. The number of carbonyl (C=O) groups is 1. The predicted molar refractivity (Wildman–Crippen MR) is 79.1 cm³/mol. The average molecular weight is 272 g/mol. The van der Waals surface area contributed by atoms with Gasteiger partial charge in [0.2, 0.25) is 0 Å². The number of rotatable bonds is 2. The summed E-state index contributed by atoms with van der Waals surface area (Å²) in [6.07, 6.45) is 8.78. The lowest BCUT2D eigenvalue weighted by atomic mass is 10.1. The number of aromatic nitrogens is 2. The van der Waals surface area contributed by atoms with E-state index in [-0.39, 0.29) is 6.03 Å². The molecule has 0 saturated heterocycles. The van der Waals surface area contributed by atoms with Gasteiger partial charge in [-0.2, -0.15) is 0 Å². The van der Waals surface area contributed by atoms with Gasteiger partial charge >= 0.3 is 6.03 Å². The highest BCUT2D eigenvalue weighted by Gasteiger charge is 2.15. The number of carbonyl (C=O) groups excluding carboxylic acids is 1. The monoisotopic (exact) mass is 272 g/mol. The molecule has 0 bridgehead atoms. The molecule has 0 aliphatic heterocycles. The number of benzene rings is 1. The van der Waals surface area contributed by atoms with Gasteiger partial charge in [-0.05, 0) is 25.0 Å². The molecule has 1 aromatic carbocycles. The molecular weight excluding hydrogens is 252 g/mol. The molecule has 1 saturated carbocycles. The van der Waals surface area contributed by atoms with Crippen molar-refractivity contribution in [2.75, 3.05) is 5.43 Å². The Morgan fingerprint density at radius 1 is 1.15 bits per heavy atom. The van der Waals surface area contributed by atoms with Crippen molar-refractivity contribution < 1.29 is 4.79 Å². The number of nitrogens with zero attached hydrogens (tertiary/aromatic N) is 2. The molecular formula is C15H20N4O. The third kappa shape index (κ3) is 2.92. The van der Waals surface area contributed by atoms with Gasteiger partial charge < -0.3 is 5.32 Å². The van der Waals surface area contributed by atoms with Crippen molar-refractivity contribution in [3.8, 4) is 0 Å². The van der Waals surface area contributed by atoms with E-state index in [9.17, 15) is 4.79 Å². The minimum atomic E-state index is -0.153. The van der Waals surface area contributed by atoms with Crippen LogP contribution in [0, 0.1) is 0 Å². The SMILES string of the molecule is O=C(NC1CCCCCC1)Nn1cnc2ccccc21. The van der Waals surface area contributed by atoms with Crippen molar-refractivity contribution >= 4 is 17.1 Å². The minimum Gasteiger partial charge on any atom is -0.334 e. The number of amides is 2. The lowest BCUT2D eigenvalue weighted by molar-refractivity contribution is 0.244. The first-order chi connectivity index (χ1) is 9.83. The summed E-state index contributed by atoms with van der Waals surface area (Å²) in [5.41, 5.74) is 4.62. The van der Waals surface area contributed by atoms with E-state index >= 15 is 0 Å². The standard InChI is InChI=1S/C15H20N4O/c20-15(17-12-7-3-1-2-4-8-12)18-19-11-16-13-9-5-6-10-14(13)19/h5-6,9-12H,1-4,7-8H2,(H2,17,18,20). The van der Waals surface area contributed by atoms with Crippen LogP contribution < -0.4 is 10.7 Å². The lowest BCUT2D eigenvalue weighted by Crippen LogP contribution is -2.40. The van der Waals surface area contributed by atoms with E-state index in [1.807, 2.05) is 24.3 Å². The van der Waals surface area contributed by atoms with Crippen LogP contribution in [0.1, 0.15) is 38.5 Å². The van der Waals surface area contributed by atoms with E-state index in [0.29, 0.717) is 6.04 Å². The Hall–Kier alpha value is -2.04. The Labute approximate surface area is 118 Å². The normalized spacial score (nSPS) is 16.8. The topological polar surface area (TPSA) is 59.0 Å². The molecule has 1 heterocycles. The molecule has 1 aliphatic carbocycles. The Kier molecular flexibility index (Phi) is 3.85. The van der Waals surface area contributed by atoms with E-state index in [2.05, 4.69) is 15.7 Å². The Morgan fingerprint density at radius 2 is 1.90 bits per heavy atom. The van der Waals surface area contributed by atoms with Crippen LogP contribution in [0.25, 0.3) is 11.0 Å². The van der Waals surface area contributed by atoms with Crippen LogP contribution in [0.3, 0.4) is 0 Å². The second-order valence-corrected chi connectivity index (χ2v) is 5.38. The summed E-state index contributed by atoms with van der Waals surface area (Å²) in [6.45, 7) is 0. The molecule has 0 unspecified atom stereocenters. The molecule has 106 valence electrons. The molecule has 2 aromatic rings. The lowest BCUT2D eigenvalue weighted by Gasteiger charge is -2.17. The zero-order valence-electron chi connectivity index (χ0n) is 11.5. The van der Waals surface area contributed by atoms with Crippen molar-refractivity contribution in [1.82, 2.24) is 15.0 Å². The first-order valence-electron chi connectivity index (χ1n) is 7.32. The molecule has 5 heteroatoms. The largest absolute Gasteiger partial charge is 0.334 e. The third-order valence-electron chi connectivity index (χ3n) is 3.87. The average Bonchev–Trinajstić information content (AvgIpc) is 2.68. The third-order valence-corrected chi connectivity index (χ3v) is 3.87. The van der Waals surface area contributed by atoms with E-state index in [1.165, 1.54) is 25.7 Å². The van der Waals surface area contributed by atoms with Crippen LogP contribution >= 0.6 is 0 Å². The van der Waals surface area contributed by atoms with Gasteiger partial charge in [-0.1, -0.05) is 37.8 Å². The number of para-hydroxylation sites is 2. The summed E-state index contributed by atoms with van der Waals surface area (Å²) in [7, 11) is 0. The van der Waals surface area contributed by atoms with Crippen LogP contribution in [-0.4, -0.2) is 21.7 Å². The molecule has 20 heavy (non-hydrogen) atoms. The molecule has 1 fully saturated rings. The second-order valence-electron chi connectivity index (χ2n) is 5.38. The van der Waals surface area contributed by atoms with Crippen LogP contribution in [0.15, 0.2) is 30.6 Å². The number of urea groups is 1. The molecule has 2 N–H and O–H groups in total. The van der Waals surface area contributed by atoms with Crippen molar-refractivity contribution in [1.29, 1.82) is 0 Å². The molecule has 2 amide bonds. The maximum Gasteiger partial charge on any atom is 0.334 e. The van der Waals surface area contributed by atoms with Crippen LogP contribution in [-0.2, 0) is 0 Å². The van der Waals surface area contributed by atoms with E-state index in [1.54, 1.807) is 11.0 Å². The predicted octanol–water partition coefficient (Wildman–Crippen LogP) is 3.01. The molecule has 0 spiro atoms. The zero-order chi connectivity index (χ0) is 13.8. The summed E-state index contributed by atoms with van der Waals surface area (Å²) >= 11 is 0. The first kappa shape index (κ1) is 13.0. The first-order valence-corrected chi connectivity index (χ1v) is 7.32. The Balaban J connectivity index is 1.63. The quantitative estimate of drug-likeness (QED) is 0.826. The maximum absolute atomic E-state index is 12.1. The molecule has 3 rings (SSSR count). The number of hydrogen-bond donors (Lipinski definition) is 2. The van der Waals surface area contributed by atoms with E-state index in [4.69, 9.17) is 0 Å². The summed E-state index contributed by atoms with van der Waals surface area (Å²) in [5.74, 6) is 0. The highest BCUT2D eigenvalue weighted by Crippen LogP contribution is 2.17. The summed E-state index contributed by atoms with van der Waals surface area (Å²) in [4.78, 5) is 16.3. The number of hydrogen-bond acceptors (Lipinski definition) is 2. The van der Waals surface area contributed by atoms with Gasteiger partial charge in [0.15, 0.2) is 0 Å². The number of imidazole rings is 1. The van der Waals surface area contributed by atoms with E-state index in [0.717, 1.165) is 23.9 Å². The van der Waals surface area contributed by atoms with Crippen molar-refractivity contribution in [3.05, 3.63) is 30.6 Å². The fourth-order valence-corrected chi connectivity index (χ4v) is 2.80. The Bertz CT molecular complexity index is 584. The summed E-state index contributed by atoms with van der Waals surface area (Å²) < 4.78 is 1.67. The molecule has 0 atom stereocenters. The second kappa shape index (κ2) is 5.94. The van der Waals surface area contributed by atoms with Crippen LogP contribution in [0.4, 0.5) is 4.79 Å². The molecule has 1 aromatic heterocycles. The van der Waals surface area contributed by atoms with Crippen LogP contribution in [0.2, 0.25) is 0 Å². The molecule has 0 radical (unpaired) electrons. The van der Waals surface area contributed by atoms with Crippen molar-refractivity contribution in [2.24, 2.45) is 0 Å². The number of fused-ring (bicyclic) bond motifs is 1. The van der Waals surface area contributed by atoms with Gasteiger partial charge in [-0.15, -0.1) is 0 Å². The van der Waals surface area contributed by atoms with Gasteiger partial charge in [-0.3, -0.25) is 0 Å². The van der Waals surface area contributed by atoms with Gasteiger partial charge in [0.25, 0.3) is 0 Å². The maximum atomic E-state index is 12.1. The van der Waals surface area contributed by atoms with Gasteiger partial charge in [0.05, 0.1) is 11.0 Å². The van der Waals surface area contributed by atoms with Gasteiger partial charge in [-0.25, -0.2) is 19.9 Å². The summed E-state index contributed by atoms with van der Waals surface area (Å²) in [5, 5.41) is 3.06. The summed E-state index contributed by atoms with van der Waals surface area (Å²) in [6, 6.07) is 7.88.